The molecule has 109 heavy (non-hydrogen) atoms. The van der Waals surface area contributed by atoms with Crippen molar-refractivity contribution in [3.8, 4) is 5.75 Å². The predicted molar refractivity (Wildman–Crippen MR) is 395 cm³/mol. The maximum absolute atomic E-state index is 15.3. The van der Waals surface area contributed by atoms with Crippen LogP contribution in [0.25, 0.3) is 0 Å². The second-order valence-corrected chi connectivity index (χ2v) is 27.8. The molecule has 594 valence electrons. The molecule has 38 heteroatoms. The number of fused-ring (bicyclic) bond motifs is 1. The maximum Gasteiger partial charge on any atom is 0.305 e. The lowest BCUT2D eigenvalue weighted by Gasteiger charge is -2.35. The number of carboxylic acid groups (broad SMARTS) is 1. The lowest BCUT2D eigenvalue weighted by Crippen LogP contribution is -2.60. The van der Waals surface area contributed by atoms with Crippen molar-refractivity contribution in [2.24, 2.45) is 17.4 Å². The number of carboxylic acids is 1. The Labute approximate surface area is 634 Å². The number of aromatic hydroxyl groups is 1. The Hall–Kier alpha value is -11.4. The molecule has 2 fully saturated rings. The standard InChI is InChI=1S/C71H100N18O19S/c1-40(2)60-70(108)88(8)53(37-90)64(102)78-34-55(93)79-46(21-15-27-75-71(73)74)66(104)86(6)51(30-42-17-11-9-12-18-42)68(106)84(4)36-56(94)80-48(29-44-23-25-45(91)26-24-44)67(105)87(7)52(31-43-19-13-10-14-20-43)69(107)89-28-16-22-50(89)65(103)82-49(62(100)77-33-54(72)92)38-109-39-57(95)76-35-58(96)85(5)41(3)61(99)81-47(32-59(97)98)63(101)83-60/h9-14,17-20,23-26,40-41,46-53,60,90-91H,15-16,21-22,27-39H2,1-8H3,(H2,72,92)(H,76,95)(H,77,100)(H,78,102)(H,79,93)(H,80,94)(H,81,99)(H,82,103)(H,83,101)(H,97,98)(H4,73,74,75)/t41-,46-,47-,48-,49-,50-,51-,52-,53-,60?/m0/s1. The quantitative estimate of drug-likeness (QED) is 0.0341. The van der Waals surface area contributed by atoms with Crippen LogP contribution < -0.4 is 59.3 Å². The normalized spacial score (nSPS) is 23.6. The zero-order valence-corrected chi connectivity index (χ0v) is 62.9. The van der Waals surface area contributed by atoms with Crippen LogP contribution in [0.15, 0.2) is 84.9 Å². The molecule has 1 unspecified atom stereocenters. The van der Waals surface area contributed by atoms with Gasteiger partial charge in [0, 0.05) is 73.3 Å². The Morgan fingerprint density at radius 1 is 0.606 bits per heavy atom. The fourth-order valence-corrected chi connectivity index (χ4v) is 12.8. The van der Waals surface area contributed by atoms with E-state index in [0.29, 0.717) is 16.7 Å². The van der Waals surface area contributed by atoms with Gasteiger partial charge in [0.15, 0.2) is 5.96 Å². The van der Waals surface area contributed by atoms with Crippen molar-refractivity contribution in [1.82, 2.24) is 77.3 Å². The molecule has 2 saturated heterocycles. The van der Waals surface area contributed by atoms with Gasteiger partial charge in [0.2, 0.25) is 88.6 Å². The summed E-state index contributed by atoms with van der Waals surface area (Å²) in [4.78, 5) is 230. The number of likely N-dealkylation sites (N-methyl/N-ethyl adjacent to an activating group) is 5. The number of thioether (sulfide) groups is 1. The minimum atomic E-state index is -1.90. The Morgan fingerprint density at radius 3 is 1.74 bits per heavy atom. The Bertz CT molecular complexity index is 3770. The van der Waals surface area contributed by atoms with Gasteiger partial charge in [-0.15, -0.1) is 11.8 Å². The van der Waals surface area contributed by atoms with Crippen molar-refractivity contribution in [1.29, 1.82) is 5.41 Å². The summed E-state index contributed by atoms with van der Waals surface area (Å²) in [5.74, 6) is -17.5. The van der Waals surface area contributed by atoms with Gasteiger partial charge in [0.05, 0.1) is 45.0 Å². The predicted octanol–water partition coefficient (Wildman–Crippen LogP) is -5.41. The summed E-state index contributed by atoms with van der Waals surface area (Å²) in [6.45, 7) is 0.110. The monoisotopic (exact) mass is 1540 g/mol. The maximum atomic E-state index is 15.3. The number of aliphatic carboxylic acids is 1. The first-order chi connectivity index (χ1) is 51.5. The second-order valence-electron chi connectivity index (χ2n) is 26.8. The van der Waals surface area contributed by atoms with Crippen LogP contribution in [-0.2, 0) is 96.0 Å². The number of guanidine groups is 1. The highest BCUT2D eigenvalue weighted by Gasteiger charge is 2.43. The summed E-state index contributed by atoms with van der Waals surface area (Å²) >= 11 is 0.805. The molecule has 3 aromatic carbocycles. The molecule has 15 amide bonds. The number of nitrogens with zero attached hydrogens (tertiary/aromatic N) is 6. The van der Waals surface area contributed by atoms with Crippen LogP contribution in [0.1, 0.15) is 69.6 Å². The van der Waals surface area contributed by atoms with Crippen molar-refractivity contribution in [3.63, 3.8) is 0 Å². The molecular weight excluding hydrogens is 1440 g/mol. The Morgan fingerprint density at radius 2 is 1.17 bits per heavy atom. The van der Waals surface area contributed by atoms with Gasteiger partial charge in [0.25, 0.3) is 0 Å². The average molecular weight is 1540 g/mol. The van der Waals surface area contributed by atoms with Gasteiger partial charge >= 0.3 is 5.97 Å². The van der Waals surface area contributed by atoms with Gasteiger partial charge in [-0.3, -0.25) is 82.1 Å². The van der Waals surface area contributed by atoms with Crippen LogP contribution in [0, 0.1) is 11.3 Å². The fraction of sp³-hybridized carbons (Fsp3) is 0.507. The number of aliphatic hydroxyl groups excluding tert-OH is 1. The summed E-state index contributed by atoms with van der Waals surface area (Å²) in [5, 5.41) is 60.5. The smallest absolute Gasteiger partial charge is 0.305 e. The molecule has 2 aliphatic rings. The third kappa shape index (κ3) is 27.1. The molecule has 3 aromatic rings. The molecule has 17 N–H and O–H groups in total. The van der Waals surface area contributed by atoms with E-state index in [0.717, 1.165) is 43.3 Å². The summed E-state index contributed by atoms with van der Waals surface area (Å²) in [7, 11) is 6.16. The van der Waals surface area contributed by atoms with E-state index >= 15 is 14.4 Å². The van der Waals surface area contributed by atoms with Gasteiger partial charge in [-0.2, -0.15) is 0 Å². The first-order valence-corrected chi connectivity index (χ1v) is 36.2. The van der Waals surface area contributed by atoms with Crippen molar-refractivity contribution >= 4 is 112 Å². The molecule has 5 rings (SSSR count). The Kier molecular flexibility index (Phi) is 34.6. The molecule has 37 nitrogen and oxygen atoms in total. The van der Waals surface area contributed by atoms with E-state index in [-0.39, 0.29) is 69.5 Å². The number of phenols is 1. The first-order valence-electron chi connectivity index (χ1n) is 35.1. The molecule has 10 atom stereocenters. The lowest BCUT2D eigenvalue weighted by atomic mass is 10.00. The van der Waals surface area contributed by atoms with Crippen LogP contribution in [0.2, 0.25) is 0 Å². The topological polar surface area (TPSA) is 537 Å². The fourth-order valence-electron chi connectivity index (χ4n) is 11.9. The number of nitrogens with two attached hydrogens (primary N) is 2. The van der Waals surface area contributed by atoms with E-state index in [1.54, 1.807) is 60.7 Å². The highest BCUT2D eigenvalue weighted by atomic mass is 32.2. The number of rotatable bonds is 17. The summed E-state index contributed by atoms with van der Waals surface area (Å²) < 4.78 is 0. The van der Waals surface area contributed by atoms with E-state index in [9.17, 15) is 77.6 Å². The van der Waals surface area contributed by atoms with Crippen LogP contribution in [0.5, 0.6) is 5.75 Å². The number of carbonyl (C=O) groups is 16. The molecular formula is C71H100N18O19S. The van der Waals surface area contributed by atoms with Gasteiger partial charge in [0.1, 0.15) is 66.2 Å². The molecule has 2 aliphatic heterocycles. The van der Waals surface area contributed by atoms with Crippen LogP contribution >= 0.6 is 11.8 Å². The van der Waals surface area contributed by atoms with Crippen molar-refractivity contribution in [2.45, 2.75) is 133 Å². The van der Waals surface area contributed by atoms with Gasteiger partial charge < -0.3 is 104 Å². The number of aliphatic hydroxyl groups is 1. The number of hydrogen-bond donors (Lipinski definition) is 15. The second kappa shape index (κ2) is 42.8. The number of benzene rings is 3. The molecule has 0 bridgehead atoms. The number of primary amides is 1. The number of nitrogens with one attached hydrogen (secondary N) is 10. The molecule has 0 radical (unpaired) electrons. The third-order valence-electron chi connectivity index (χ3n) is 18.3. The molecule has 2 heterocycles. The van der Waals surface area contributed by atoms with E-state index in [4.69, 9.17) is 16.9 Å². The average Bonchev–Trinajstić information content (AvgIpc) is 1.78. The minimum Gasteiger partial charge on any atom is -0.508 e. The van der Waals surface area contributed by atoms with E-state index in [2.05, 4.69) is 47.9 Å². The van der Waals surface area contributed by atoms with Crippen LogP contribution in [0.3, 0.4) is 0 Å². The highest BCUT2D eigenvalue weighted by molar-refractivity contribution is 8.00. The van der Waals surface area contributed by atoms with E-state index in [1.165, 1.54) is 78.1 Å². The molecule has 0 spiro atoms. The van der Waals surface area contributed by atoms with Crippen molar-refractivity contribution in [2.75, 3.05) is 92.6 Å². The number of phenolic OH excluding ortho intramolecular Hbond substituents is 1. The zero-order chi connectivity index (χ0) is 80.9. The third-order valence-corrected chi connectivity index (χ3v) is 19.3. The molecule has 0 aromatic heterocycles. The van der Waals surface area contributed by atoms with Crippen LogP contribution in [-0.4, -0.2) is 298 Å². The zero-order valence-electron chi connectivity index (χ0n) is 62.1. The minimum absolute atomic E-state index is 0.0161. The first kappa shape index (κ1) is 88.2. The SMILES string of the molecule is CC(C)C1NC(=O)[C@H](CC(=O)O)NC(=O)[C@H](C)N(C)C(=O)CNC(=O)CSC[C@@H](C(=O)NCC(N)=O)NC(=O)[C@@H]2CCCN2C(=O)[C@H](Cc2ccccc2)N(C)C(=O)[C@H](Cc2ccc(O)cc2)NC(=O)CN(C)C(=O)[C@H](Cc2ccccc2)N(C)C(=O)[C@H](CCCNC(=N)N)NC(=O)CNC(=O)[C@H](CO)N(C)C1=O. The number of carbonyl (C=O) groups excluding carboxylic acids is 15. The lowest BCUT2D eigenvalue weighted by molar-refractivity contribution is -0.149. The van der Waals surface area contributed by atoms with Crippen LogP contribution in [0.4, 0.5) is 0 Å². The largest absolute Gasteiger partial charge is 0.508 e. The van der Waals surface area contributed by atoms with Gasteiger partial charge in [-0.05, 0) is 67.3 Å². The van der Waals surface area contributed by atoms with Gasteiger partial charge in [-0.1, -0.05) is 86.6 Å². The summed E-state index contributed by atoms with van der Waals surface area (Å²) in [6, 6.07) is 7.46. The van der Waals surface area contributed by atoms with Crippen molar-refractivity contribution < 1.29 is 92.0 Å². The van der Waals surface area contributed by atoms with Gasteiger partial charge in [-0.25, -0.2) is 0 Å². The van der Waals surface area contributed by atoms with E-state index < -0.39 is 212 Å². The number of hydrogen-bond acceptors (Lipinski definition) is 20. The highest BCUT2D eigenvalue weighted by Crippen LogP contribution is 2.24. The van der Waals surface area contributed by atoms with E-state index in [1.807, 2.05) is 0 Å². The number of amides is 15. The summed E-state index contributed by atoms with van der Waals surface area (Å²) in [5.41, 5.74) is 12.4. The summed E-state index contributed by atoms with van der Waals surface area (Å²) in [6.07, 6.45) is -1.37. The molecule has 0 aliphatic carbocycles. The Balaban J connectivity index is 1.57. The molecule has 0 saturated carbocycles. The van der Waals surface area contributed by atoms with Crippen molar-refractivity contribution in [3.05, 3.63) is 102 Å².